The van der Waals surface area contributed by atoms with Crippen molar-refractivity contribution < 1.29 is 4.74 Å². The Morgan fingerprint density at radius 3 is 2.42 bits per heavy atom. The normalized spacial score (nSPS) is 10.8. The van der Waals surface area contributed by atoms with E-state index in [0.717, 1.165) is 43.2 Å². The summed E-state index contributed by atoms with van der Waals surface area (Å²) < 4.78 is 5.55. The molecule has 1 rings (SSSR count). The summed E-state index contributed by atoms with van der Waals surface area (Å²) in [4.78, 5) is 4.54. The number of hydrogen-bond acceptors (Lipinski definition) is 4. The van der Waals surface area contributed by atoms with Crippen molar-refractivity contribution in [2.45, 2.75) is 20.3 Å². The van der Waals surface area contributed by atoms with Crippen molar-refractivity contribution >= 4 is 11.4 Å². The maximum Gasteiger partial charge on any atom is 0.123 e. The number of nitrogens with two attached hydrogens (primary N) is 1. The molecule has 1 aromatic rings. The van der Waals surface area contributed by atoms with Gasteiger partial charge in [0.25, 0.3) is 0 Å². The number of nitrogen functional groups attached to an aromatic ring is 1. The van der Waals surface area contributed by atoms with E-state index < -0.39 is 0 Å². The van der Waals surface area contributed by atoms with Gasteiger partial charge in [0.1, 0.15) is 5.75 Å². The van der Waals surface area contributed by atoms with Crippen LogP contribution in [-0.2, 0) is 0 Å². The minimum Gasteiger partial charge on any atom is -0.494 e. The van der Waals surface area contributed by atoms with Crippen LogP contribution in [0.15, 0.2) is 18.2 Å². The predicted molar refractivity (Wildman–Crippen MR) is 83.1 cm³/mol. The lowest BCUT2D eigenvalue weighted by molar-refractivity contribution is 0.340. The Bertz CT molecular complexity index is 380. The van der Waals surface area contributed by atoms with Crippen LogP contribution in [0.1, 0.15) is 20.3 Å². The van der Waals surface area contributed by atoms with E-state index in [1.165, 1.54) is 0 Å². The molecule has 0 spiro atoms. The summed E-state index contributed by atoms with van der Waals surface area (Å²) in [5.41, 5.74) is 7.84. The largest absolute Gasteiger partial charge is 0.494 e. The Balaban J connectivity index is 2.73. The fourth-order valence-corrected chi connectivity index (χ4v) is 2.09. The van der Waals surface area contributed by atoms with Crippen LogP contribution >= 0.6 is 0 Å². The SMILES string of the molecule is CCOc1cc(N)cc(N(CC)CCCN(C)C)c1. The molecule has 0 saturated carbocycles. The first-order chi connectivity index (χ1) is 9.06. The number of nitrogens with zero attached hydrogens (tertiary/aromatic N) is 2. The van der Waals surface area contributed by atoms with E-state index in [2.05, 4.69) is 36.9 Å². The Morgan fingerprint density at radius 2 is 1.84 bits per heavy atom. The van der Waals surface area contributed by atoms with Gasteiger partial charge in [-0.2, -0.15) is 0 Å². The molecule has 0 saturated heterocycles. The number of rotatable bonds is 8. The zero-order valence-electron chi connectivity index (χ0n) is 12.6. The molecule has 0 aromatic heterocycles. The maximum absolute atomic E-state index is 5.94. The van der Waals surface area contributed by atoms with Gasteiger partial charge in [-0.15, -0.1) is 0 Å². The summed E-state index contributed by atoms with van der Waals surface area (Å²) in [6.07, 6.45) is 1.14. The van der Waals surface area contributed by atoms with Crippen molar-refractivity contribution in [1.29, 1.82) is 0 Å². The molecule has 19 heavy (non-hydrogen) atoms. The molecular weight excluding hydrogens is 238 g/mol. The summed E-state index contributed by atoms with van der Waals surface area (Å²) in [6.45, 7) is 7.91. The fraction of sp³-hybridized carbons (Fsp3) is 0.600. The van der Waals surface area contributed by atoms with Gasteiger partial charge in [0.15, 0.2) is 0 Å². The lowest BCUT2D eigenvalue weighted by atomic mass is 10.2. The van der Waals surface area contributed by atoms with Gasteiger partial charge in [0.05, 0.1) is 6.61 Å². The molecule has 1 aromatic carbocycles. The predicted octanol–water partition coefficient (Wildman–Crippen LogP) is 2.45. The first-order valence-electron chi connectivity index (χ1n) is 6.99. The van der Waals surface area contributed by atoms with Crippen molar-refractivity contribution in [3.8, 4) is 5.75 Å². The standard InChI is InChI=1S/C15H27N3O/c1-5-18(9-7-8-17(3)4)14-10-13(16)11-15(12-14)19-6-2/h10-12H,5-9,16H2,1-4H3. The van der Waals surface area contributed by atoms with Crippen LogP contribution < -0.4 is 15.4 Å². The lowest BCUT2D eigenvalue weighted by Crippen LogP contribution is -2.27. The monoisotopic (exact) mass is 265 g/mol. The number of hydrogen-bond donors (Lipinski definition) is 1. The molecule has 0 fully saturated rings. The fourth-order valence-electron chi connectivity index (χ4n) is 2.09. The van der Waals surface area contributed by atoms with Crippen LogP contribution in [0.4, 0.5) is 11.4 Å². The summed E-state index contributed by atoms with van der Waals surface area (Å²) in [5, 5.41) is 0. The van der Waals surface area contributed by atoms with E-state index in [-0.39, 0.29) is 0 Å². The van der Waals surface area contributed by atoms with Crippen LogP contribution in [-0.4, -0.2) is 45.2 Å². The van der Waals surface area contributed by atoms with Crippen molar-refractivity contribution in [3.05, 3.63) is 18.2 Å². The Morgan fingerprint density at radius 1 is 1.11 bits per heavy atom. The first kappa shape index (κ1) is 15.6. The summed E-state index contributed by atoms with van der Waals surface area (Å²) in [7, 11) is 4.20. The van der Waals surface area contributed by atoms with Gasteiger partial charge in [0.2, 0.25) is 0 Å². The third-order valence-electron chi connectivity index (χ3n) is 3.00. The summed E-state index contributed by atoms with van der Waals surface area (Å²) >= 11 is 0. The zero-order chi connectivity index (χ0) is 14.3. The number of anilines is 2. The highest BCUT2D eigenvalue weighted by Gasteiger charge is 2.07. The maximum atomic E-state index is 5.94. The summed E-state index contributed by atoms with van der Waals surface area (Å²) in [6, 6.07) is 5.96. The van der Waals surface area contributed by atoms with E-state index >= 15 is 0 Å². The average molecular weight is 265 g/mol. The molecule has 0 heterocycles. The second-order valence-corrected chi connectivity index (χ2v) is 4.93. The highest BCUT2D eigenvalue weighted by atomic mass is 16.5. The van der Waals surface area contributed by atoms with Crippen LogP contribution in [0, 0.1) is 0 Å². The van der Waals surface area contributed by atoms with Gasteiger partial charge < -0.3 is 20.3 Å². The highest BCUT2D eigenvalue weighted by Crippen LogP contribution is 2.25. The zero-order valence-corrected chi connectivity index (χ0v) is 12.6. The second kappa shape index (κ2) is 7.89. The minimum absolute atomic E-state index is 0.662. The molecule has 4 heteroatoms. The van der Waals surface area contributed by atoms with Crippen molar-refractivity contribution in [2.75, 3.05) is 51.0 Å². The van der Waals surface area contributed by atoms with E-state index in [9.17, 15) is 0 Å². The number of benzene rings is 1. The van der Waals surface area contributed by atoms with Gasteiger partial charge in [-0.1, -0.05) is 0 Å². The first-order valence-corrected chi connectivity index (χ1v) is 6.99. The van der Waals surface area contributed by atoms with Gasteiger partial charge in [0, 0.05) is 36.6 Å². The average Bonchev–Trinajstić information content (AvgIpc) is 2.34. The van der Waals surface area contributed by atoms with Gasteiger partial charge in [-0.3, -0.25) is 0 Å². The van der Waals surface area contributed by atoms with Crippen molar-refractivity contribution in [3.63, 3.8) is 0 Å². The van der Waals surface area contributed by atoms with E-state index in [0.29, 0.717) is 6.61 Å². The molecule has 0 unspecified atom stereocenters. The van der Waals surface area contributed by atoms with Crippen molar-refractivity contribution in [1.82, 2.24) is 4.90 Å². The lowest BCUT2D eigenvalue weighted by Gasteiger charge is -2.25. The van der Waals surface area contributed by atoms with E-state index in [1.807, 2.05) is 19.1 Å². The third kappa shape index (κ3) is 5.39. The van der Waals surface area contributed by atoms with Crippen LogP contribution in [0.25, 0.3) is 0 Å². The molecule has 4 nitrogen and oxygen atoms in total. The molecule has 0 bridgehead atoms. The van der Waals surface area contributed by atoms with Gasteiger partial charge >= 0.3 is 0 Å². The van der Waals surface area contributed by atoms with Gasteiger partial charge in [-0.05, 0) is 47.0 Å². The molecular formula is C15H27N3O. The molecule has 0 aliphatic heterocycles. The van der Waals surface area contributed by atoms with Crippen LogP contribution in [0.5, 0.6) is 5.75 Å². The molecule has 108 valence electrons. The Hall–Kier alpha value is -1.42. The molecule has 0 amide bonds. The van der Waals surface area contributed by atoms with E-state index in [1.54, 1.807) is 0 Å². The number of ether oxygens (including phenoxy) is 1. The molecule has 2 N–H and O–H groups in total. The van der Waals surface area contributed by atoms with E-state index in [4.69, 9.17) is 10.5 Å². The Labute approximate surface area is 117 Å². The summed E-state index contributed by atoms with van der Waals surface area (Å²) in [5.74, 6) is 0.851. The molecule has 0 aliphatic rings. The highest BCUT2D eigenvalue weighted by molar-refractivity contribution is 5.60. The Kier molecular flexibility index (Phi) is 6.50. The topological polar surface area (TPSA) is 41.7 Å². The minimum atomic E-state index is 0.662. The second-order valence-electron chi connectivity index (χ2n) is 4.93. The quantitative estimate of drug-likeness (QED) is 0.733. The van der Waals surface area contributed by atoms with Gasteiger partial charge in [-0.25, -0.2) is 0 Å². The van der Waals surface area contributed by atoms with Crippen LogP contribution in [0.2, 0.25) is 0 Å². The molecule has 0 aliphatic carbocycles. The molecule has 0 radical (unpaired) electrons. The third-order valence-corrected chi connectivity index (χ3v) is 3.00. The van der Waals surface area contributed by atoms with Crippen molar-refractivity contribution in [2.24, 2.45) is 0 Å². The molecule has 0 atom stereocenters. The smallest absolute Gasteiger partial charge is 0.123 e. The van der Waals surface area contributed by atoms with Crippen LogP contribution in [0.3, 0.4) is 0 Å².